The van der Waals surface area contributed by atoms with Crippen molar-refractivity contribution in [1.82, 2.24) is 10.2 Å². The first-order valence-electron chi connectivity index (χ1n) is 7.21. The second-order valence-electron chi connectivity index (χ2n) is 6.02. The quantitative estimate of drug-likeness (QED) is 0.775. The standard InChI is InChI=1S/C14H28N2/c1-12-5-4-9-16(10-7-12)11-14-13(2)6-3-8-15-14/h12-15H,3-11H2,1-2H3. The third-order valence-corrected chi connectivity index (χ3v) is 4.49. The molecule has 2 saturated heterocycles. The van der Waals surface area contributed by atoms with Gasteiger partial charge in [0.15, 0.2) is 0 Å². The van der Waals surface area contributed by atoms with E-state index in [1.165, 1.54) is 58.3 Å². The monoisotopic (exact) mass is 224 g/mol. The highest BCUT2D eigenvalue weighted by Gasteiger charge is 2.24. The van der Waals surface area contributed by atoms with Crippen molar-refractivity contribution in [2.24, 2.45) is 11.8 Å². The van der Waals surface area contributed by atoms with Crippen molar-refractivity contribution in [3.8, 4) is 0 Å². The first kappa shape index (κ1) is 12.4. The van der Waals surface area contributed by atoms with Gasteiger partial charge in [0, 0.05) is 12.6 Å². The molecule has 0 radical (unpaired) electrons. The van der Waals surface area contributed by atoms with Crippen molar-refractivity contribution in [3.63, 3.8) is 0 Å². The number of likely N-dealkylation sites (tertiary alicyclic amines) is 1. The van der Waals surface area contributed by atoms with Crippen molar-refractivity contribution in [1.29, 1.82) is 0 Å². The number of nitrogens with one attached hydrogen (secondary N) is 1. The Morgan fingerprint density at radius 3 is 2.75 bits per heavy atom. The van der Waals surface area contributed by atoms with E-state index in [9.17, 15) is 0 Å². The number of piperidine rings is 1. The van der Waals surface area contributed by atoms with E-state index in [-0.39, 0.29) is 0 Å². The van der Waals surface area contributed by atoms with Gasteiger partial charge in [-0.2, -0.15) is 0 Å². The number of hydrogen-bond acceptors (Lipinski definition) is 2. The predicted molar refractivity (Wildman–Crippen MR) is 69.6 cm³/mol. The van der Waals surface area contributed by atoms with Crippen molar-refractivity contribution in [2.75, 3.05) is 26.2 Å². The van der Waals surface area contributed by atoms with Gasteiger partial charge in [-0.15, -0.1) is 0 Å². The largest absolute Gasteiger partial charge is 0.312 e. The second-order valence-corrected chi connectivity index (χ2v) is 6.02. The Kier molecular flexibility index (Phi) is 4.66. The Balaban J connectivity index is 1.79. The lowest BCUT2D eigenvalue weighted by atomic mass is 9.92. The van der Waals surface area contributed by atoms with Gasteiger partial charge in [0.25, 0.3) is 0 Å². The smallest absolute Gasteiger partial charge is 0.0220 e. The van der Waals surface area contributed by atoms with Crippen LogP contribution in [-0.2, 0) is 0 Å². The Labute approximate surface area is 101 Å². The summed E-state index contributed by atoms with van der Waals surface area (Å²) in [7, 11) is 0. The fraction of sp³-hybridized carbons (Fsp3) is 1.00. The molecule has 94 valence electrons. The van der Waals surface area contributed by atoms with Crippen molar-refractivity contribution >= 4 is 0 Å². The minimum Gasteiger partial charge on any atom is -0.312 e. The summed E-state index contributed by atoms with van der Waals surface area (Å²) in [5.41, 5.74) is 0. The Morgan fingerprint density at radius 2 is 1.94 bits per heavy atom. The van der Waals surface area contributed by atoms with Crippen LogP contribution in [0.2, 0.25) is 0 Å². The van der Waals surface area contributed by atoms with Gasteiger partial charge in [0.1, 0.15) is 0 Å². The van der Waals surface area contributed by atoms with E-state index in [4.69, 9.17) is 0 Å². The maximum Gasteiger partial charge on any atom is 0.0220 e. The minimum absolute atomic E-state index is 0.752. The molecule has 2 aliphatic rings. The van der Waals surface area contributed by atoms with E-state index in [1.807, 2.05) is 0 Å². The van der Waals surface area contributed by atoms with E-state index in [1.54, 1.807) is 0 Å². The summed E-state index contributed by atoms with van der Waals surface area (Å²) in [6, 6.07) is 0.752. The molecular formula is C14H28N2. The van der Waals surface area contributed by atoms with Crippen LogP contribution in [-0.4, -0.2) is 37.1 Å². The van der Waals surface area contributed by atoms with Crippen molar-refractivity contribution in [3.05, 3.63) is 0 Å². The van der Waals surface area contributed by atoms with E-state index in [0.29, 0.717) is 0 Å². The van der Waals surface area contributed by atoms with Gasteiger partial charge >= 0.3 is 0 Å². The van der Waals surface area contributed by atoms with Crippen LogP contribution in [0.4, 0.5) is 0 Å². The summed E-state index contributed by atoms with van der Waals surface area (Å²) in [4.78, 5) is 2.70. The van der Waals surface area contributed by atoms with Gasteiger partial charge in [0.05, 0.1) is 0 Å². The molecule has 2 heteroatoms. The molecule has 0 bridgehead atoms. The molecule has 0 saturated carbocycles. The maximum atomic E-state index is 3.71. The summed E-state index contributed by atoms with van der Waals surface area (Å²) >= 11 is 0. The molecule has 2 nitrogen and oxygen atoms in total. The fourth-order valence-corrected chi connectivity index (χ4v) is 3.14. The van der Waals surface area contributed by atoms with Gasteiger partial charge in [-0.3, -0.25) is 0 Å². The number of rotatable bonds is 2. The molecule has 2 heterocycles. The van der Waals surface area contributed by atoms with Crippen LogP contribution in [0.25, 0.3) is 0 Å². The first-order chi connectivity index (χ1) is 7.75. The van der Waals surface area contributed by atoms with Crippen LogP contribution in [0.15, 0.2) is 0 Å². The third kappa shape index (κ3) is 3.46. The van der Waals surface area contributed by atoms with Crippen LogP contribution in [0.5, 0.6) is 0 Å². The second kappa shape index (κ2) is 6.02. The zero-order valence-corrected chi connectivity index (χ0v) is 11.0. The molecule has 2 rings (SSSR count). The molecule has 2 fully saturated rings. The van der Waals surface area contributed by atoms with Gasteiger partial charge in [0.2, 0.25) is 0 Å². The molecule has 3 unspecified atom stereocenters. The van der Waals surface area contributed by atoms with Gasteiger partial charge in [-0.25, -0.2) is 0 Å². The van der Waals surface area contributed by atoms with E-state index >= 15 is 0 Å². The van der Waals surface area contributed by atoms with Gasteiger partial charge in [-0.05, 0) is 63.6 Å². The average Bonchev–Trinajstić information content (AvgIpc) is 2.47. The highest BCUT2D eigenvalue weighted by molar-refractivity contribution is 4.82. The van der Waals surface area contributed by atoms with E-state index in [0.717, 1.165) is 17.9 Å². The normalized spacial score (nSPS) is 38.2. The lowest BCUT2D eigenvalue weighted by Crippen LogP contribution is -2.48. The van der Waals surface area contributed by atoms with Gasteiger partial charge < -0.3 is 10.2 Å². The molecule has 1 N–H and O–H groups in total. The number of hydrogen-bond donors (Lipinski definition) is 1. The SMILES string of the molecule is CC1CCCN(CC2NCCCC2C)CC1. The van der Waals surface area contributed by atoms with Crippen molar-refractivity contribution < 1.29 is 0 Å². The van der Waals surface area contributed by atoms with Crippen LogP contribution in [0.3, 0.4) is 0 Å². The zero-order chi connectivity index (χ0) is 11.4. The van der Waals surface area contributed by atoms with Crippen molar-refractivity contribution in [2.45, 2.75) is 52.0 Å². The predicted octanol–water partition coefficient (Wildman–Crippen LogP) is 2.50. The molecule has 2 aliphatic heterocycles. The average molecular weight is 224 g/mol. The number of nitrogens with zero attached hydrogens (tertiary/aromatic N) is 1. The third-order valence-electron chi connectivity index (χ3n) is 4.49. The molecule has 3 atom stereocenters. The molecule has 0 aromatic heterocycles. The van der Waals surface area contributed by atoms with E-state index in [2.05, 4.69) is 24.1 Å². The molecule has 16 heavy (non-hydrogen) atoms. The van der Waals surface area contributed by atoms with Crippen LogP contribution < -0.4 is 5.32 Å². The summed E-state index contributed by atoms with van der Waals surface area (Å²) in [5.74, 6) is 1.82. The first-order valence-corrected chi connectivity index (χ1v) is 7.21. The van der Waals surface area contributed by atoms with E-state index < -0.39 is 0 Å². The fourth-order valence-electron chi connectivity index (χ4n) is 3.14. The van der Waals surface area contributed by atoms with Crippen LogP contribution >= 0.6 is 0 Å². The lowest BCUT2D eigenvalue weighted by molar-refractivity contribution is 0.194. The molecule has 0 spiro atoms. The Bertz CT molecular complexity index is 205. The molecule has 0 aliphatic carbocycles. The summed E-state index contributed by atoms with van der Waals surface area (Å²) in [6.45, 7) is 10.00. The van der Waals surface area contributed by atoms with Gasteiger partial charge in [-0.1, -0.05) is 13.8 Å². The minimum atomic E-state index is 0.752. The Hall–Kier alpha value is -0.0800. The highest BCUT2D eigenvalue weighted by atomic mass is 15.2. The lowest BCUT2D eigenvalue weighted by Gasteiger charge is -2.34. The molecule has 0 aromatic carbocycles. The summed E-state index contributed by atoms with van der Waals surface area (Å²) in [6.07, 6.45) is 7.03. The maximum absolute atomic E-state index is 3.71. The van der Waals surface area contributed by atoms with Crippen LogP contribution in [0.1, 0.15) is 46.0 Å². The molecule has 0 amide bonds. The molecule has 0 aromatic rings. The highest BCUT2D eigenvalue weighted by Crippen LogP contribution is 2.20. The van der Waals surface area contributed by atoms with Crippen LogP contribution in [0, 0.1) is 11.8 Å². The molecular weight excluding hydrogens is 196 g/mol. The summed E-state index contributed by atoms with van der Waals surface area (Å²) < 4.78 is 0. The zero-order valence-electron chi connectivity index (χ0n) is 11.0. The topological polar surface area (TPSA) is 15.3 Å². The Morgan fingerprint density at radius 1 is 1.06 bits per heavy atom. The summed E-state index contributed by atoms with van der Waals surface area (Å²) in [5, 5.41) is 3.71.